The van der Waals surface area contributed by atoms with Crippen LogP contribution in [0, 0.1) is 6.92 Å². The molecule has 5 atom stereocenters. The number of aliphatic hydroxyl groups is 2. The van der Waals surface area contributed by atoms with E-state index in [1.165, 1.54) is 43.3 Å². The average molecular weight is 591 g/mol. The van der Waals surface area contributed by atoms with E-state index in [2.05, 4.69) is 0 Å². The number of aromatic hydroxyl groups is 7. The molecule has 9 N–H and O–H groups in total. The molecule has 3 aliphatic rings. The van der Waals surface area contributed by atoms with Crippen molar-refractivity contribution in [1.29, 1.82) is 0 Å². The van der Waals surface area contributed by atoms with E-state index < -0.39 is 47.3 Å². The van der Waals surface area contributed by atoms with Crippen LogP contribution in [0.2, 0.25) is 0 Å². The lowest BCUT2D eigenvalue weighted by atomic mass is 9.74. The van der Waals surface area contributed by atoms with E-state index in [0.29, 0.717) is 5.56 Å². The van der Waals surface area contributed by atoms with Gasteiger partial charge < -0.3 is 60.2 Å². The van der Waals surface area contributed by atoms with Crippen LogP contribution < -0.4 is 14.2 Å². The summed E-state index contributed by atoms with van der Waals surface area (Å²) in [5.41, 5.74) is 1.10. The van der Waals surface area contributed by atoms with Crippen LogP contribution in [0.4, 0.5) is 0 Å². The lowest BCUT2D eigenvalue weighted by molar-refractivity contribution is -0.219. The average Bonchev–Trinajstić information content (AvgIpc) is 2.93. The Morgan fingerprint density at radius 2 is 1.44 bits per heavy atom. The van der Waals surface area contributed by atoms with E-state index in [9.17, 15) is 46.0 Å². The normalized spacial score (nSPS) is 24.9. The molecule has 0 saturated heterocycles. The van der Waals surface area contributed by atoms with Crippen LogP contribution >= 0.6 is 0 Å². The van der Waals surface area contributed by atoms with Crippen LogP contribution in [0.3, 0.4) is 0 Å². The minimum Gasteiger partial charge on any atom is -0.508 e. The molecule has 4 aromatic rings. The third kappa shape index (κ3) is 3.70. The van der Waals surface area contributed by atoms with Crippen molar-refractivity contribution >= 4 is 0 Å². The van der Waals surface area contributed by atoms with Gasteiger partial charge in [0.1, 0.15) is 46.7 Å². The number of benzene rings is 4. The van der Waals surface area contributed by atoms with Crippen LogP contribution in [-0.4, -0.2) is 58.2 Å². The van der Waals surface area contributed by atoms with Crippen molar-refractivity contribution in [3.8, 4) is 57.5 Å². The molecule has 3 aliphatic heterocycles. The molecule has 0 spiro atoms. The summed E-state index contributed by atoms with van der Waals surface area (Å²) in [6.45, 7) is 1.52. The summed E-state index contributed by atoms with van der Waals surface area (Å²) in [5, 5.41) is 95.8. The van der Waals surface area contributed by atoms with Gasteiger partial charge in [0.25, 0.3) is 0 Å². The molecule has 43 heavy (non-hydrogen) atoms. The SMILES string of the molecule is Cc1cc(C23Oc4cc(O)cc(O)c4C(c4c(cc(O)c5c4OC(c4ccc(O)c(O)c4)C(O)C5)O2)C3O)cc(O)c1O. The zero-order chi connectivity index (χ0) is 30.5. The highest BCUT2D eigenvalue weighted by Gasteiger charge is 2.60. The first-order valence-electron chi connectivity index (χ1n) is 13.3. The van der Waals surface area contributed by atoms with Gasteiger partial charge in [-0.2, -0.15) is 0 Å². The fourth-order valence-electron chi connectivity index (χ4n) is 6.31. The molecule has 12 heteroatoms. The minimum absolute atomic E-state index is 0.0152. The van der Waals surface area contributed by atoms with E-state index in [1.54, 1.807) is 0 Å². The Hall–Kier alpha value is -5.20. The van der Waals surface area contributed by atoms with Crippen LogP contribution in [0.5, 0.6) is 57.5 Å². The molecule has 3 heterocycles. The van der Waals surface area contributed by atoms with E-state index in [4.69, 9.17) is 14.2 Å². The summed E-state index contributed by atoms with van der Waals surface area (Å²) >= 11 is 0. The van der Waals surface area contributed by atoms with Gasteiger partial charge in [0.05, 0.1) is 12.0 Å². The second-order valence-electron chi connectivity index (χ2n) is 11.0. The third-order valence-corrected chi connectivity index (χ3v) is 8.33. The Kier molecular flexibility index (Phi) is 5.52. The number of phenols is 7. The lowest BCUT2D eigenvalue weighted by Gasteiger charge is -2.50. The molecule has 0 amide bonds. The Balaban J connectivity index is 1.48. The first kappa shape index (κ1) is 26.7. The zero-order valence-corrected chi connectivity index (χ0v) is 22.4. The number of aliphatic hydroxyl groups excluding tert-OH is 2. The van der Waals surface area contributed by atoms with Gasteiger partial charge in [-0.25, -0.2) is 0 Å². The van der Waals surface area contributed by atoms with Crippen molar-refractivity contribution in [3.05, 3.63) is 81.9 Å². The van der Waals surface area contributed by atoms with Crippen LogP contribution in [0.15, 0.2) is 48.5 Å². The van der Waals surface area contributed by atoms with Gasteiger partial charge in [0, 0.05) is 46.9 Å². The third-order valence-electron chi connectivity index (χ3n) is 8.33. The first-order valence-corrected chi connectivity index (χ1v) is 13.3. The van der Waals surface area contributed by atoms with Crippen molar-refractivity contribution < 1.29 is 60.2 Å². The largest absolute Gasteiger partial charge is 0.508 e. The quantitative estimate of drug-likeness (QED) is 0.154. The van der Waals surface area contributed by atoms with Crippen molar-refractivity contribution in [3.63, 3.8) is 0 Å². The van der Waals surface area contributed by atoms with E-state index >= 15 is 0 Å². The number of fused-ring (bicyclic) bond motifs is 8. The fraction of sp³-hybridized carbons (Fsp3) is 0.226. The topological polar surface area (TPSA) is 210 Å². The fourth-order valence-corrected chi connectivity index (χ4v) is 6.31. The monoisotopic (exact) mass is 590 g/mol. The number of hydrogen-bond acceptors (Lipinski definition) is 12. The maximum absolute atomic E-state index is 12.0. The molecule has 5 unspecified atom stereocenters. The van der Waals surface area contributed by atoms with Gasteiger partial charge in [-0.1, -0.05) is 6.07 Å². The molecule has 222 valence electrons. The smallest absolute Gasteiger partial charge is 0.305 e. The number of hydrogen-bond donors (Lipinski definition) is 9. The lowest BCUT2D eigenvalue weighted by Crippen LogP contribution is -2.57. The summed E-state index contributed by atoms with van der Waals surface area (Å²) in [7, 11) is 0. The molecule has 0 saturated carbocycles. The number of phenolic OH excluding ortho intramolecular Hbond substituents is 7. The standard InChI is InChI=1S/C31H26O12/c1-11-4-13(6-20(37)27(11)39)31-30(40)26(24-19(36)7-14(32)8-22(24)42-31)25-23(43-31)10-17(34)15-9-21(38)28(41-29(15)25)12-2-3-16(33)18(35)5-12/h2-8,10,21,26,28,30,32-40H,9H2,1H3. The molecule has 4 aromatic carbocycles. The van der Waals surface area contributed by atoms with E-state index in [-0.39, 0.29) is 74.5 Å². The van der Waals surface area contributed by atoms with Crippen molar-refractivity contribution in [2.75, 3.05) is 0 Å². The highest BCUT2D eigenvalue weighted by Crippen LogP contribution is 2.62. The molecule has 0 aromatic heterocycles. The summed E-state index contributed by atoms with van der Waals surface area (Å²) in [4.78, 5) is 0. The number of ether oxygens (including phenoxy) is 3. The predicted octanol–water partition coefficient (Wildman–Crippen LogP) is 3.10. The highest BCUT2D eigenvalue weighted by atomic mass is 16.7. The molecule has 12 nitrogen and oxygen atoms in total. The summed E-state index contributed by atoms with van der Waals surface area (Å²) in [6, 6.07) is 10.1. The van der Waals surface area contributed by atoms with Gasteiger partial charge in [-0.3, -0.25) is 0 Å². The van der Waals surface area contributed by atoms with E-state index in [1.807, 2.05) is 0 Å². The molecular weight excluding hydrogens is 564 g/mol. The molecule has 0 radical (unpaired) electrons. The second kappa shape index (κ2) is 8.90. The maximum atomic E-state index is 12.0. The van der Waals surface area contributed by atoms with Crippen molar-refractivity contribution in [2.24, 2.45) is 0 Å². The summed E-state index contributed by atoms with van der Waals surface area (Å²) in [6.07, 6.45) is -4.01. The highest BCUT2D eigenvalue weighted by molar-refractivity contribution is 5.68. The molecular formula is C31H26O12. The zero-order valence-electron chi connectivity index (χ0n) is 22.4. The molecule has 2 bridgehead atoms. The predicted molar refractivity (Wildman–Crippen MR) is 146 cm³/mol. The summed E-state index contributed by atoms with van der Waals surface area (Å²) in [5.74, 6) is -6.06. The van der Waals surface area contributed by atoms with Crippen LogP contribution in [0.1, 0.15) is 45.4 Å². The van der Waals surface area contributed by atoms with Gasteiger partial charge in [-0.05, 0) is 42.3 Å². The molecule has 7 rings (SSSR count). The minimum atomic E-state index is -2.10. The molecule has 0 aliphatic carbocycles. The molecule has 0 fully saturated rings. The Labute approximate surface area is 243 Å². The van der Waals surface area contributed by atoms with Crippen molar-refractivity contribution in [1.82, 2.24) is 0 Å². The Bertz CT molecular complexity index is 1810. The Morgan fingerprint density at radius 1 is 0.721 bits per heavy atom. The summed E-state index contributed by atoms with van der Waals surface area (Å²) < 4.78 is 18.8. The number of aryl methyl sites for hydroxylation is 1. The van der Waals surface area contributed by atoms with Crippen LogP contribution in [0.25, 0.3) is 0 Å². The number of rotatable bonds is 2. The van der Waals surface area contributed by atoms with Crippen molar-refractivity contribution in [2.45, 2.75) is 43.4 Å². The second-order valence-corrected chi connectivity index (χ2v) is 11.0. The Morgan fingerprint density at radius 3 is 2.14 bits per heavy atom. The van der Waals surface area contributed by atoms with Crippen LogP contribution in [-0.2, 0) is 12.2 Å². The van der Waals surface area contributed by atoms with Gasteiger partial charge in [-0.15, -0.1) is 0 Å². The maximum Gasteiger partial charge on any atom is 0.305 e. The first-order chi connectivity index (χ1) is 20.4. The van der Waals surface area contributed by atoms with E-state index in [0.717, 1.165) is 12.1 Å². The van der Waals surface area contributed by atoms with Gasteiger partial charge >= 0.3 is 5.79 Å². The van der Waals surface area contributed by atoms with Gasteiger partial charge in [0.2, 0.25) is 0 Å². The van der Waals surface area contributed by atoms with Gasteiger partial charge in [0.15, 0.2) is 23.0 Å².